The first kappa shape index (κ1) is 12.3. The molecule has 17 heavy (non-hydrogen) atoms. The summed E-state index contributed by atoms with van der Waals surface area (Å²) < 4.78 is 1.10. The number of hydrogen-bond acceptors (Lipinski definition) is 2. The molecule has 2 rings (SSSR count). The SMILES string of the molecule is CNCc1ccnc(-c2ccc(Br)cc2C)c1. The Bertz CT molecular complexity index is 523. The lowest BCUT2D eigenvalue weighted by Crippen LogP contribution is -2.05. The van der Waals surface area contributed by atoms with Gasteiger partial charge in [-0.1, -0.05) is 22.0 Å². The highest BCUT2D eigenvalue weighted by atomic mass is 79.9. The summed E-state index contributed by atoms with van der Waals surface area (Å²) in [7, 11) is 1.95. The van der Waals surface area contributed by atoms with E-state index in [1.165, 1.54) is 16.7 Å². The Morgan fingerprint density at radius 2 is 2.06 bits per heavy atom. The van der Waals surface area contributed by atoms with E-state index in [0.717, 1.165) is 16.7 Å². The predicted octanol–water partition coefficient (Wildman–Crippen LogP) is 3.54. The molecule has 0 bridgehead atoms. The van der Waals surface area contributed by atoms with E-state index in [1.54, 1.807) is 0 Å². The molecular formula is C14H15BrN2. The molecule has 2 aromatic rings. The highest BCUT2D eigenvalue weighted by Crippen LogP contribution is 2.25. The van der Waals surface area contributed by atoms with Crippen molar-refractivity contribution in [1.29, 1.82) is 0 Å². The number of nitrogens with zero attached hydrogens (tertiary/aromatic N) is 1. The molecule has 0 unspecified atom stereocenters. The Kier molecular flexibility index (Phi) is 3.92. The van der Waals surface area contributed by atoms with Crippen molar-refractivity contribution in [3.63, 3.8) is 0 Å². The summed E-state index contributed by atoms with van der Waals surface area (Å²) in [6.45, 7) is 2.97. The molecule has 0 saturated carbocycles. The van der Waals surface area contributed by atoms with Crippen molar-refractivity contribution in [1.82, 2.24) is 10.3 Å². The van der Waals surface area contributed by atoms with Gasteiger partial charge in [0.1, 0.15) is 0 Å². The van der Waals surface area contributed by atoms with Gasteiger partial charge in [-0.15, -0.1) is 0 Å². The van der Waals surface area contributed by atoms with Crippen LogP contribution in [0.15, 0.2) is 41.0 Å². The van der Waals surface area contributed by atoms with Gasteiger partial charge < -0.3 is 5.32 Å². The minimum atomic E-state index is 0.866. The van der Waals surface area contributed by atoms with Gasteiger partial charge in [0, 0.05) is 22.8 Å². The molecule has 1 aromatic carbocycles. The average molecular weight is 291 g/mol. The lowest BCUT2D eigenvalue weighted by atomic mass is 10.0. The van der Waals surface area contributed by atoms with E-state index in [1.807, 2.05) is 19.3 Å². The van der Waals surface area contributed by atoms with Gasteiger partial charge in [-0.2, -0.15) is 0 Å². The minimum absolute atomic E-state index is 0.866. The van der Waals surface area contributed by atoms with Crippen LogP contribution in [0.2, 0.25) is 0 Å². The number of pyridine rings is 1. The van der Waals surface area contributed by atoms with Crippen LogP contribution in [0.5, 0.6) is 0 Å². The zero-order valence-electron chi connectivity index (χ0n) is 10.00. The van der Waals surface area contributed by atoms with Crippen molar-refractivity contribution in [2.75, 3.05) is 7.05 Å². The van der Waals surface area contributed by atoms with Crippen LogP contribution in [0.1, 0.15) is 11.1 Å². The van der Waals surface area contributed by atoms with E-state index in [0.29, 0.717) is 0 Å². The van der Waals surface area contributed by atoms with Crippen LogP contribution in [0.4, 0.5) is 0 Å². The van der Waals surface area contributed by atoms with Crippen LogP contribution in [-0.2, 0) is 6.54 Å². The van der Waals surface area contributed by atoms with E-state index < -0.39 is 0 Å². The normalized spacial score (nSPS) is 10.5. The molecule has 0 atom stereocenters. The lowest BCUT2D eigenvalue weighted by Gasteiger charge is -2.07. The van der Waals surface area contributed by atoms with Crippen molar-refractivity contribution < 1.29 is 0 Å². The summed E-state index contributed by atoms with van der Waals surface area (Å²) in [5.74, 6) is 0. The second kappa shape index (κ2) is 5.43. The first-order valence-corrected chi connectivity index (χ1v) is 6.36. The van der Waals surface area contributed by atoms with Crippen LogP contribution in [0.3, 0.4) is 0 Å². The molecule has 3 heteroatoms. The third-order valence-electron chi connectivity index (χ3n) is 2.67. The monoisotopic (exact) mass is 290 g/mol. The van der Waals surface area contributed by atoms with Crippen molar-refractivity contribution in [2.45, 2.75) is 13.5 Å². The number of hydrogen-bond donors (Lipinski definition) is 1. The van der Waals surface area contributed by atoms with Gasteiger partial charge in [0.2, 0.25) is 0 Å². The van der Waals surface area contributed by atoms with E-state index in [9.17, 15) is 0 Å². The van der Waals surface area contributed by atoms with Gasteiger partial charge >= 0.3 is 0 Å². The fourth-order valence-corrected chi connectivity index (χ4v) is 2.33. The second-order valence-electron chi connectivity index (χ2n) is 4.04. The second-order valence-corrected chi connectivity index (χ2v) is 4.95. The van der Waals surface area contributed by atoms with E-state index >= 15 is 0 Å². The maximum absolute atomic E-state index is 4.44. The number of halogens is 1. The third-order valence-corrected chi connectivity index (χ3v) is 3.16. The molecule has 0 aliphatic heterocycles. The van der Waals surface area contributed by atoms with Crippen LogP contribution in [0.25, 0.3) is 11.3 Å². The first-order chi connectivity index (χ1) is 8.20. The van der Waals surface area contributed by atoms with Gasteiger partial charge in [0.05, 0.1) is 5.69 Å². The summed E-state index contributed by atoms with van der Waals surface area (Å²) in [6.07, 6.45) is 1.86. The van der Waals surface area contributed by atoms with E-state index in [-0.39, 0.29) is 0 Å². The average Bonchev–Trinajstić information content (AvgIpc) is 2.29. The van der Waals surface area contributed by atoms with Crippen LogP contribution in [-0.4, -0.2) is 12.0 Å². The first-order valence-electron chi connectivity index (χ1n) is 5.57. The topological polar surface area (TPSA) is 24.9 Å². The molecule has 0 radical (unpaired) electrons. The molecule has 1 heterocycles. The highest BCUT2D eigenvalue weighted by molar-refractivity contribution is 9.10. The third kappa shape index (κ3) is 2.93. The highest BCUT2D eigenvalue weighted by Gasteiger charge is 2.04. The molecule has 2 nitrogen and oxygen atoms in total. The Morgan fingerprint density at radius 3 is 2.76 bits per heavy atom. The summed E-state index contributed by atoms with van der Waals surface area (Å²) in [5.41, 5.74) is 4.70. The lowest BCUT2D eigenvalue weighted by molar-refractivity contribution is 0.816. The summed E-state index contributed by atoms with van der Waals surface area (Å²) >= 11 is 3.48. The van der Waals surface area contributed by atoms with Crippen molar-refractivity contribution in [2.24, 2.45) is 0 Å². The van der Waals surface area contributed by atoms with Gasteiger partial charge in [0.25, 0.3) is 0 Å². The molecule has 0 aliphatic rings. The Hall–Kier alpha value is -1.19. The molecule has 0 saturated heterocycles. The number of nitrogens with one attached hydrogen (secondary N) is 1. The number of aryl methyl sites for hydroxylation is 1. The molecule has 1 aromatic heterocycles. The molecule has 0 aliphatic carbocycles. The van der Waals surface area contributed by atoms with E-state index in [4.69, 9.17) is 0 Å². The van der Waals surface area contributed by atoms with Crippen LogP contribution in [0, 0.1) is 6.92 Å². The summed E-state index contributed by atoms with van der Waals surface area (Å²) in [5, 5.41) is 3.15. The quantitative estimate of drug-likeness (QED) is 0.935. The predicted molar refractivity (Wildman–Crippen MR) is 74.9 cm³/mol. The van der Waals surface area contributed by atoms with Gasteiger partial charge in [-0.3, -0.25) is 4.98 Å². The molecule has 0 fully saturated rings. The molecule has 0 spiro atoms. The number of benzene rings is 1. The fraction of sp³-hybridized carbons (Fsp3) is 0.214. The summed E-state index contributed by atoms with van der Waals surface area (Å²) in [6, 6.07) is 10.4. The zero-order chi connectivity index (χ0) is 12.3. The Labute approximate surface area is 110 Å². The zero-order valence-corrected chi connectivity index (χ0v) is 11.6. The molecule has 1 N–H and O–H groups in total. The van der Waals surface area contributed by atoms with Crippen LogP contribution < -0.4 is 5.32 Å². The summed E-state index contributed by atoms with van der Waals surface area (Å²) in [4.78, 5) is 4.44. The van der Waals surface area contributed by atoms with Crippen molar-refractivity contribution in [3.05, 3.63) is 52.1 Å². The molecule has 0 amide bonds. The number of rotatable bonds is 3. The Morgan fingerprint density at radius 1 is 1.24 bits per heavy atom. The van der Waals surface area contributed by atoms with Gasteiger partial charge in [-0.25, -0.2) is 0 Å². The standard InChI is InChI=1S/C14H15BrN2/c1-10-7-12(15)3-4-13(10)14-8-11(9-16-2)5-6-17-14/h3-8,16H,9H2,1-2H3. The van der Waals surface area contributed by atoms with Gasteiger partial charge in [-0.05, 0) is 49.4 Å². The molecule has 88 valence electrons. The van der Waals surface area contributed by atoms with Crippen molar-refractivity contribution >= 4 is 15.9 Å². The Balaban J connectivity index is 2.42. The number of aromatic nitrogens is 1. The fourth-order valence-electron chi connectivity index (χ4n) is 1.85. The maximum atomic E-state index is 4.44. The molecular weight excluding hydrogens is 276 g/mol. The van der Waals surface area contributed by atoms with E-state index in [2.05, 4.69) is 57.4 Å². The van der Waals surface area contributed by atoms with Gasteiger partial charge in [0.15, 0.2) is 0 Å². The smallest absolute Gasteiger partial charge is 0.0707 e. The largest absolute Gasteiger partial charge is 0.316 e. The van der Waals surface area contributed by atoms with Crippen LogP contribution >= 0.6 is 15.9 Å². The maximum Gasteiger partial charge on any atom is 0.0707 e. The van der Waals surface area contributed by atoms with Crippen molar-refractivity contribution in [3.8, 4) is 11.3 Å². The minimum Gasteiger partial charge on any atom is -0.316 e.